The van der Waals surface area contributed by atoms with Crippen LogP contribution in [-0.4, -0.2) is 60.3 Å². The molecule has 1 fully saturated rings. The highest BCUT2D eigenvalue weighted by atomic mass is 32.1. The zero-order valence-electron chi connectivity index (χ0n) is 19.8. The molecule has 36 heavy (non-hydrogen) atoms. The van der Waals surface area contributed by atoms with Gasteiger partial charge in [0.25, 0.3) is 5.91 Å². The number of hydrogen-bond acceptors (Lipinski definition) is 9. The van der Waals surface area contributed by atoms with E-state index in [0.717, 1.165) is 20.9 Å². The average Bonchev–Trinajstić information content (AvgIpc) is 3.28. The second-order valence-corrected chi connectivity index (χ2v) is 9.47. The van der Waals surface area contributed by atoms with Crippen molar-refractivity contribution in [1.82, 2.24) is 15.0 Å². The number of hydrogen-bond donors (Lipinski definition) is 2. The maximum atomic E-state index is 14.6. The predicted octanol–water partition coefficient (Wildman–Crippen LogP) is 3.63. The molecule has 2 aromatic carbocycles. The SMILES string of the molecule is COc1cccc(F)c1-c1nccc(C(=O)Nc2ccc3sc(C)nc3c2N2CCOCC2CN)n1. The molecule has 11 heteroatoms. The molecule has 186 valence electrons. The van der Waals surface area contributed by atoms with Crippen LogP contribution in [0.3, 0.4) is 0 Å². The monoisotopic (exact) mass is 508 g/mol. The van der Waals surface area contributed by atoms with Crippen LogP contribution in [0.1, 0.15) is 15.5 Å². The van der Waals surface area contributed by atoms with Crippen molar-refractivity contribution < 1.29 is 18.7 Å². The summed E-state index contributed by atoms with van der Waals surface area (Å²) in [4.78, 5) is 28.8. The normalized spacial score (nSPS) is 15.8. The molecule has 0 aliphatic carbocycles. The molecule has 0 saturated carbocycles. The van der Waals surface area contributed by atoms with E-state index in [4.69, 9.17) is 20.2 Å². The number of benzene rings is 2. The van der Waals surface area contributed by atoms with Crippen LogP contribution in [0, 0.1) is 12.7 Å². The second-order valence-electron chi connectivity index (χ2n) is 8.24. The maximum Gasteiger partial charge on any atom is 0.274 e. The minimum absolute atomic E-state index is 0.0545. The Hall–Kier alpha value is -3.67. The fourth-order valence-electron chi connectivity index (χ4n) is 4.31. The number of nitrogens with one attached hydrogen (secondary N) is 1. The number of thiazole rings is 1. The van der Waals surface area contributed by atoms with E-state index in [-0.39, 0.29) is 28.9 Å². The number of aromatic nitrogens is 3. The number of rotatable bonds is 6. The Balaban J connectivity index is 1.53. The predicted molar refractivity (Wildman–Crippen MR) is 137 cm³/mol. The van der Waals surface area contributed by atoms with Crippen LogP contribution in [0.25, 0.3) is 21.6 Å². The summed E-state index contributed by atoms with van der Waals surface area (Å²) in [6, 6.07) is 9.66. The van der Waals surface area contributed by atoms with Gasteiger partial charge in [0.15, 0.2) is 5.82 Å². The Labute approximate surface area is 211 Å². The summed E-state index contributed by atoms with van der Waals surface area (Å²) in [6.07, 6.45) is 1.42. The molecule has 0 spiro atoms. The van der Waals surface area contributed by atoms with E-state index in [1.807, 2.05) is 19.1 Å². The number of amides is 1. The van der Waals surface area contributed by atoms with E-state index >= 15 is 0 Å². The van der Waals surface area contributed by atoms with Crippen LogP contribution in [0.4, 0.5) is 15.8 Å². The summed E-state index contributed by atoms with van der Waals surface area (Å²) in [7, 11) is 1.44. The first-order valence-electron chi connectivity index (χ1n) is 11.4. The van der Waals surface area contributed by atoms with Gasteiger partial charge >= 0.3 is 0 Å². The van der Waals surface area contributed by atoms with Gasteiger partial charge in [0.1, 0.15) is 22.8 Å². The van der Waals surface area contributed by atoms with Gasteiger partial charge in [-0.25, -0.2) is 19.3 Å². The number of nitrogens with zero attached hydrogens (tertiary/aromatic N) is 4. The van der Waals surface area contributed by atoms with Crippen molar-refractivity contribution in [1.29, 1.82) is 0 Å². The third-order valence-electron chi connectivity index (χ3n) is 5.98. The number of nitrogens with two attached hydrogens (primary N) is 1. The number of morpholine rings is 1. The number of carbonyl (C=O) groups excluding carboxylic acids is 1. The van der Waals surface area contributed by atoms with Gasteiger partial charge in [-0.15, -0.1) is 11.3 Å². The number of methoxy groups -OCH3 is 1. The van der Waals surface area contributed by atoms with Crippen LogP contribution >= 0.6 is 11.3 Å². The Kier molecular flexibility index (Phi) is 6.77. The lowest BCUT2D eigenvalue weighted by Crippen LogP contribution is -2.49. The van der Waals surface area contributed by atoms with E-state index in [2.05, 4.69) is 20.2 Å². The summed E-state index contributed by atoms with van der Waals surface area (Å²) in [5.74, 6) is -0.670. The van der Waals surface area contributed by atoms with Gasteiger partial charge in [-0.1, -0.05) is 6.07 Å². The molecule has 4 aromatic rings. The van der Waals surface area contributed by atoms with Gasteiger partial charge in [0.05, 0.1) is 53.0 Å². The van der Waals surface area contributed by atoms with Gasteiger partial charge in [0.2, 0.25) is 0 Å². The fourth-order valence-corrected chi connectivity index (χ4v) is 5.14. The summed E-state index contributed by atoms with van der Waals surface area (Å²) in [5, 5.41) is 3.90. The molecule has 1 aliphatic heterocycles. The van der Waals surface area contributed by atoms with E-state index in [0.29, 0.717) is 32.0 Å². The van der Waals surface area contributed by atoms with Gasteiger partial charge < -0.3 is 25.4 Å². The molecular formula is C25H25FN6O3S. The number of carbonyl (C=O) groups is 1. The molecule has 1 unspecified atom stereocenters. The molecule has 3 heterocycles. The molecule has 1 atom stereocenters. The van der Waals surface area contributed by atoms with Crippen molar-refractivity contribution in [2.24, 2.45) is 5.73 Å². The number of fused-ring (bicyclic) bond motifs is 1. The van der Waals surface area contributed by atoms with Crippen molar-refractivity contribution in [2.45, 2.75) is 13.0 Å². The molecule has 9 nitrogen and oxygen atoms in total. The molecule has 1 saturated heterocycles. The zero-order valence-corrected chi connectivity index (χ0v) is 20.6. The summed E-state index contributed by atoms with van der Waals surface area (Å²) in [5.41, 5.74) is 8.41. The number of halogens is 1. The van der Waals surface area contributed by atoms with Gasteiger partial charge in [0, 0.05) is 19.3 Å². The number of aryl methyl sites for hydroxylation is 1. The molecule has 5 rings (SSSR count). The Bertz CT molecular complexity index is 1430. The molecule has 0 radical (unpaired) electrons. The topological polar surface area (TPSA) is 115 Å². The van der Waals surface area contributed by atoms with E-state index in [1.165, 1.54) is 31.5 Å². The molecular weight excluding hydrogens is 483 g/mol. The van der Waals surface area contributed by atoms with Crippen LogP contribution in [0.5, 0.6) is 5.75 Å². The largest absolute Gasteiger partial charge is 0.496 e. The van der Waals surface area contributed by atoms with E-state index < -0.39 is 11.7 Å². The first kappa shape index (κ1) is 24.0. The molecule has 1 amide bonds. The van der Waals surface area contributed by atoms with Crippen molar-refractivity contribution in [3.63, 3.8) is 0 Å². The van der Waals surface area contributed by atoms with Crippen LogP contribution in [0.2, 0.25) is 0 Å². The maximum absolute atomic E-state index is 14.6. The lowest BCUT2D eigenvalue weighted by atomic mass is 10.1. The van der Waals surface area contributed by atoms with E-state index in [1.54, 1.807) is 17.4 Å². The number of ether oxygens (including phenoxy) is 2. The van der Waals surface area contributed by atoms with Gasteiger partial charge in [-0.05, 0) is 37.3 Å². The fraction of sp³-hybridized carbons (Fsp3) is 0.280. The van der Waals surface area contributed by atoms with Crippen molar-refractivity contribution in [3.05, 3.63) is 59.1 Å². The van der Waals surface area contributed by atoms with Gasteiger partial charge in [-0.2, -0.15) is 0 Å². The average molecular weight is 509 g/mol. The minimum Gasteiger partial charge on any atom is -0.496 e. The quantitative estimate of drug-likeness (QED) is 0.406. The Morgan fingerprint density at radius 3 is 2.97 bits per heavy atom. The Morgan fingerprint density at radius 1 is 1.31 bits per heavy atom. The molecule has 3 N–H and O–H groups in total. The molecule has 0 bridgehead atoms. The first-order chi connectivity index (χ1) is 17.5. The van der Waals surface area contributed by atoms with Crippen molar-refractivity contribution in [3.8, 4) is 17.1 Å². The van der Waals surface area contributed by atoms with E-state index in [9.17, 15) is 9.18 Å². The summed E-state index contributed by atoms with van der Waals surface area (Å²) >= 11 is 1.59. The molecule has 1 aliphatic rings. The highest BCUT2D eigenvalue weighted by molar-refractivity contribution is 7.18. The second kappa shape index (κ2) is 10.1. The molecule has 2 aromatic heterocycles. The van der Waals surface area contributed by atoms with Crippen molar-refractivity contribution >= 4 is 38.8 Å². The lowest BCUT2D eigenvalue weighted by molar-refractivity contribution is 0.0964. The minimum atomic E-state index is -0.543. The van der Waals surface area contributed by atoms with Crippen LogP contribution in [0.15, 0.2) is 42.6 Å². The first-order valence-corrected chi connectivity index (χ1v) is 12.2. The third kappa shape index (κ3) is 4.48. The van der Waals surface area contributed by atoms with Crippen LogP contribution < -0.4 is 20.7 Å². The van der Waals surface area contributed by atoms with Gasteiger partial charge in [-0.3, -0.25) is 4.79 Å². The summed E-state index contributed by atoms with van der Waals surface area (Å²) < 4.78 is 26.5. The third-order valence-corrected chi connectivity index (χ3v) is 6.92. The Morgan fingerprint density at radius 2 is 2.17 bits per heavy atom. The highest BCUT2D eigenvalue weighted by Gasteiger charge is 2.28. The lowest BCUT2D eigenvalue weighted by Gasteiger charge is -2.37. The zero-order chi connectivity index (χ0) is 25.2. The number of anilines is 2. The summed E-state index contributed by atoms with van der Waals surface area (Å²) in [6.45, 7) is 4.00. The van der Waals surface area contributed by atoms with Crippen LogP contribution in [-0.2, 0) is 4.74 Å². The smallest absolute Gasteiger partial charge is 0.274 e. The van der Waals surface area contributed by atoms with Crippen molar-refractivity contribution in [2.75, 3.05) is 43.6 Å². The highest BCUT2D eigenvalue weighted by Crippen LogP contribution is 2.38. The standard InChI is InChI=1S/C25H25FN6O3S/c1-14-29-22-20(36-14)7-6-17(23(22)32-10-11-35-13-15(32)12-27)31-25(33)18-8-9-28-24(30-18)21-16(26)4-3-5-19(21)34-2/h3-9,15H,10-13,27H2,1-2H3,(H,31,33).